The van der Waals surface area contributed by atoms with Gasteiger partial charge in [-0.25, -0.2) is 0 Å². The van der Waals surface area contributed by atoms with Crippen molar-refractivity contribution in [2.75, 3.05) is 13.1 Å². The maximum absolute atomic E-state index is 3.77. The molecule has 0 spiro atoms. The number of dihydropyridines is 2. The second kappa shape index (κ2) is 9.86. The van der Waals surface area contributed by atoms with Gasteiger partial charge in [0.1, 0.15) is 0 Å². The Labute approximate surface area is 292 Å². The lowest BCUT2D eigenvalue weighted by Crippen LogP contribution is -2.34. The fraction of sp³-hybridized carbons (Fsp3) is 0.125. The van der Waals surface area contributed by atoms with E-state index in [1.54, 1.807) is 0 Å². The molecule has 12 rings (SSSR count). The summed E-state index contributed by atoms with van der Waals surface area (Å²) in [6, 6.07) is 27.3. The van der Waals surface area contributed by atoms with E-state index in [4.69, 9.17) is 0 Å². The summed E-state index contributed by atoms with van der Waals surface area (Å²) < 4.78 is 0. The highest BCUT2D eigenvalue weighted by Crippen LogP contribution is 2.59. The molecule has 2 N–H and O–H groups in total. The zero-order chi connectivity index (χ0) is 32.5. The number of rotatable bonds is 2. The third-order valence-corrected chi connectivity index (χ3v) is 12.3. The first kappa shape index (κ1) is 27.0. The Morgan fingerprint density at radius 1 is 0.440 bits per heavy atom. The lowest BCUT2D eigenvalue weighted by molar-refractivity contribution is 0.534. The summed E-state index contributed by atoms with van der Waals surface area (Å²) in [5, 5.41) is 13.0. The quantitative estimate of drug-likeness (QED) is 0.228. The molecule has 0 fully saturated rings. The molecule has 8 aliphatic rings. The lowest BCUT2D eigenvalue weighted by Gasteiger charge is -2.43. The van der Waals surface area contributed by atoms with Gasteiger partial charge < -0.3 is 10.6 Å². The molecule has 50 heavy (non-hydrogen) atoms. The summed E-state index contributed by atoms with van der Waals surface area (Å²) >= 11 is 0. The fourth-order valence-corrected chi connectivity index (χ4v) is 10.2. The average Bonchev–Trinajstić information content (AvgIpc) is 3.67. The van der Waals surface area contributed by atoms with Gasteiger partial charge in [0.25, 0.3) is 0 Å². The SMILES string of the molecule is C1=CCNC(C2=CC3=C(C=C(C4=CC=CCN4)C4C=C5C(=C[C@@H]34)c3cccc4cccc5c34)C3C=C4C(=CC23)c2cccc3cccc4c23)=C1. The predicted octanol–water partition coefficient (Wildman–Crippen LogP) is 10.0. The van der Waals surface area contributed by atoms with Crippen LogP contribution < -0.4 is 10.6 Å². The van der Waals surface area contributed by atoms with E-state index in [1.807, 2.05) is 0 Å². The summed E-state index contributed by atoms with van der Waals surface area (Å²) in [6.07, 6.45) is 29.1. The number of hydrogen-bond donors (Lipinski definition) is 2. The van der Waals surface area contributed by atoms with Gasteiger partial charge in [0.2, 0.25) is 0 Å². The number of nitrogens with one attached hydrogen (secondary N) is 2. The van der Waals surface area contributed by atoms with Gasteiger partial charge in [-0.2, -0.15) is 0 Å². The standard InChI is InChI=1S/C48H34N2/c1-3-19-49-45(17-1)43-25-39-38-22-34-30-14-6-10-28-12-8-16-32(48(28)30)36(34)24-42(38)44(46-18-2-4-20-50-46)26-40(39)37-21-33-29-13-5-9-27-11-7-15-31(47(27)29)35(33)23-41(37)43/h1-18,21-26,37-38,41-42,49-50H,19-20H2/t37-,38?,41?,42?/m0/s1. The van der Waals surface area contributed by atoms with Gasteiger partial charge in [0, 0.05) is 48.2 Å². The van der Waals surface area contributed by atoms with Crippen molar-refractivity contribution in [2.24, 2.45) is 23.7 Å². The van der Waals surface area contributed by atoms with Gasteiger partial charge in [-0.05, 0) is 101 Å². The summed E-state index contributed by atoms with van der Waals surface area (Å²) in [5.41, 5.74) is 19.3. The number of hydrogen-bond acceptors (Lipinski definition) is 2. The van der Waals surface area contributed by atoms with Crippen molar-refractivity contribution in [1.29, 1.82) is 0 Å². The van der Waals surface area contributed by atoms with Crippen LogP contribution >= 0.6 is 0 Å². The molecule has 236 valence electrons. The first-order chi connectivity index (χ1) is 24.8. The third-order valence-electron chi connectivity index (χ3n) is 12.3. The highest BCUT2D eigenvalue weighted by Gasteiger charge is 2.44. The summed E-state index contributed by atoms with van der Waals surface area (Å²) in [5.74, 6) is 0.920. The van der Waals surface area contributed by atoms with Crippen molar-refractivity contribution in [3.8, 4) is 0 Å². The average molecular weight is 639 g/mol. The Bertz CT molecular complexity index is 2460. The first-order valence-corrected chi connectivity index (χ1v) is 18.1. The van der Waals surface area contributed by atoms with Crippen molar-refractivity contribution >= 4 is 43.8 Å². The van der Waals surface area contributed by atoms with E-state index in [0.29, 0.717) is 0 Å². The van der Waals surface area contributed by atoms with Crippen LogP contribution in [0, 0.1) is 23.7 Å². The van der Waals surface area contributed by atoms with Crippen LogP contribution in [0.4, 0.5) is 0 Å². The largest absolute Gasteiger partial charge is 0.381 e. The van der Waals surface area contributed by atoms with E-state index in [9.17, 15) is 0 Å². The molecule has 0 aromatic heterocycles. The Morgan fingerprint density at radius 2 is 0.820 bits per heavy atom. The Morgan fingerprint density at radius 3 is 1.18 bits per heavy atom. The van der Waals surface area contributed by atoms with E-state index >= 15 is 0 Å². The lowest BCUT2D eigenvalue weighted by atomic mass is 9.61. The minimum absolute atomic E-state index is 0.227. The fourth-order valence-electron chi connectivity index (χ4n) is 10.2. The van der Waals surface area contributed by atoms with Crippen LogP contribution in [0.3, 0.4) is 0 Å². The van der Waals surface area contributed by atoms with E-state index < -0.39 is 0 Å². The Hall–Kier alpha value is -5.86. The molecule has 4 aromatic carbocycles. The molecule has 0 saturated carbocycles. The normalized spacial score (nSPS) is 26.1. The summed E-state index contributed by atoms with van der Waals surface area (Å²) in [6.45, 7) is 1.72. The highest BCUT2D eigenvalue weighted by molar-refractivity contribution is 6.24. The van der Waals surface area contributed by atoms with Gasteiger partial charge in [-0.1, -0.05) is 134 Å². The molecule has 2 heterocycles. The van der Waals surface area contributed by atoms with Crippen LogP contribution in [0.25, 0.3) is 43.8 Å². The van der Waals surface area contributed by atoms with Crippen molar-refractivity contribution in [2.45, 2.75) is 0 Å². The zero-order valence-electron chi connectivity index (χ0n) is 27.6. The molecule has 4 atom stereocenters. The van der Waals surface area contributed by atoms with Crippen LogP contribution in [0.15, 0.2) is 179 Å². The van der Waals surface area contributed by atoms with Gasteiger partial charge in [-0.3, -0.25) is 0 Å². The van der Waals surface area contributed by atoms with Crippen molar-refractivity contribution in [3.05, 3.63) is 202 Å². The van der Waals surface area contributed by atoms with E-state index in [2.05, 4.69) is 156 Å². The van der Waals surface area contributed by atoms with E-state index in [1.165, 1.54) is 99.8 Å². The van der Waals surface area contributed by atoms with Crippen LogP contribution in [0.1, 0.15) is 22.3 Å². The molecule has 3 unspecified atom stereocenters. The number of fused-ring (bicyclic) bond motifs is 10. The zero-order valence-corrected chi connectivity index (χ0v) is 27.6. The molecule has 0 saturated heterocycles. The van der Waals surface area contributed by atoms with Crippen molar-refractivity contribution in [1.82, 2.24) is 10.6 Å². The topological polar surface area (TPSA) is 24.1 Å². The molecule has 2 aliphatic heterocycles. The van der Waals surface area contributed by atoms with Gasteiger partial charge in [0.05, 0.1) is 0 Å². The molecule has 0 amide bonds. The maximum Gasteiger partial charge on any atom is 0.0381 e. The van der Waals surface area contributed by atoms with Crippen molar-refractivity contribution < 1.29 is 0 Å². The smallest absolute Gasteiger partial charge is 0.0381 e. The minimum atomic E-state index is 0.227. The van der Waals surface area contributed by atoms with Gasteiger partial charge in [0.15, 0.2) is 0 Å². The first-order valence-electron chi connectivity index (χ1n) is 18.1. The molecular weight excluding hydrogens is 605 g/mol. The van der Waals surface area contributed by atoms with Crippen LogP contribution in [0.5, 0.6) is 0 Å². The van der Waals surface area contributed by atoms with Crippen LogP contribution in [-0.4, -0.2) is 13.1 Å². The Kier molecular flexibility index (Phi) is 5.33. The van der Waals surface area contributed by atoms with Crippen molar-refractivity contribution in [3.63, 3.8) is 0 Å². The van der Waals surface area contributed by atoms with E-state index in [0.717, 1.165) is 13.1 Å². The second-order valence-electron chi connectivity index (χ2n) is 14.7. The molecule has 2 heteroatoms. The molecule has 0 radical (unpaired) electrons. The third kappa shape index (κ3) is 3.53. The van der Waals surface area contributed by atoms with Crippen LogP contribution in [-0.2, 0) is 0 Å². The molecule has 6 aliphatic carbocycles. The summed E-state index contributed by atoms with van der Waals surface area (Å²) in [7, 11) is 0. The molecule has 4 aromatic rings. The van der Waals surface area contributed by atoms with E-state index in [-0.39, 0.29) is 23.7 Å². The summed E-state index contributed by atoms with van der Waals surface area (Å²) in [4.78, 5) is 0. The van der Waals surface area contributed by atoms with Gasteiger partial charge in [-0.15, -0.1) is 0 Å². The van der Waals surface area contributed by atoms with Gasteiger partial charge >= 0.3 is 0 Å². The maximum atomic E-state index is 3.77. The number of allylic oxidation sites excluding steroid dienone is 18. The number of benzene rings is 4. The Balaban J connectivity index is 1.12. The van der Waals surface area contributed by atoms with Crippen LogP contribution in [0.2, 0.25) is 0 Å². The monoisotopic (exact) mass is 638 g/mol. The molecule has 0 bridgehead atoms. The predicted molar refractivity (Wildman–Crippen MR) is 207 cm³/mol. The highest BCUT2D eigenvalue weighted by atomic mass is 14.9. The molecule has 2 nitrogen and oxygen atoms in total. The molecular formula is C48H34N2. The second-order valence-corrected chi connectivity index (χ2v) is 14.7. The minimum Gasteiger partial charge on any atom is -0.381 e.